The van der Waals surface area contributed by atoms with Gasteiger partial charge in [0, 0.05) is 18.0 Å². The number of ether oxygens (including phenoxy) is 1. The molecular weight excluding hydrogens is 268 g/mol. The normalized spacial score (nSPS) is 10.7. The first kappa shape index (κ1) is 16.9. The topological polar surface area (TPSA) is 78.3 Å². The first-order chi connectivity index (χ1) is 9.89. The Balaban J connectivity index is 2.99. The van der Waals surface area contributed by atoms with Crippen LogP contribution in [0.2, 0.25) is 0 Å². The highest BCUT2D eigenvalue weighted by Crippen LogP contribution is 2.23. The lowest BCUT2D eigenvalue weighted by molar-refractivity contribution is 0.0582. The van der Waals surface area contributed by atoms with E-state index in [0.29, 0.717) is 19.5 Å². The maximum atomic E-state index is 12.3. The average Bonchev–Trinajstić information content (AvgIpc) is 2.39. The molecule has 0 heterocycles. The van der Waals surface area contributed by atoms with Crippen LogP contribution in [0.5, 0.6) is 0 Å². The number of benzene rings is 1. The zero-order chi connectivity index (χ0) is 15.9. The van der Waals surface area contributed by atoms with Crippen molar-refractivity contribution in [2.24, 2.45) is 5.11 Å². The molecule has 0 aliphatic rings. The molecule has 114 valence electrons. The standard InChI is InChI=1S/C15H22N4O2/c1-5-19(14(20)21-15(2,3)4)13-9-7-6-8-12(13)10-11-17-18-16/h6-9H,5,10-11H2,1-4H3. The van der Waals surface area contributed by atoms with Gasteiger partial charge in [-0.3, -0.25) is 4.90 Å². The van der Waals surface area contributed by atoms with Gasteiger partial charge in [-0.2, -0.15) is 0 Å². The number of rotatable bonds is 5. The smallest absolute Gasteiger partial charge is 0.414 e. The lowest BCUT2D eigenvalue weighted by atomic mass is 10.1. The molecule has 0 spiro atoms. The largest absolute Gasteiger partial charge is 0.443 e. The zero-order valence-electron chi connectivity index (χ0n) is 13.0. The molecule has 0 unspecified atom stereocenters. The fourth-order valence-corrected chi connectivity index (χ4v) is 1.92. The third-order valence-electron chi connectivity index (χ3n) is 2.76. The van der Waals surface area contributed by atoms with Crippen LogP contribution < -0.4 is 4.90 Å². The third-order valence-corrected chi connectivity index (χ3v) is 2.76. The first-order valence-corrected chi connectivity index (χ1v) is 6.98. The maximum absolute atomic E-state index is 12.3. The number of anilines is 1. The fraction of sp³-hybridized carbons (Fsp3) is 0.533. The average molecular weight is 290 g/mol. The van der Waals surface area contributed by atoms with Crippen LogP contribution in [-0.4, -0.2) is 24.8 Å². The molecule has 0 saturated carbocycles. The number of para-hydroxylation sites is 1. The van der Waals surface area contributed by atoms with Crippen LogP contribution in [0.3, 0.4) is 0 Å². The van der Waals surface area contributed by atoms with Gasteiger partial charge in [0.15, 0.2) is 0 Å². The van der Waals surface area contributed by atoms with Crippen molar-refractivity contribution in [3.05, 3.63) is 40.3 Å². The van der Waals surface area contributed by atoms with Gasteiger partial charge in [-0.25, -0.2) is 4.79 Å². The van der Waals surface area contributed by atoms with Crippen molar-refractivity contribution in [2.45, 2.75) is 39.7 Å². The molecule has 6 nitrogen and oxygen atoms in total. The van der Waals surface area contributed by atoms with E-state index in [1.165, 1.54) is 0 Å². The van der Waals surface area contributed by atoms with E-state index in [1.807, 2.05) is 52.0 Å². The molecule has 1 amide bonds. The van der Waals surface area contributed by atoms with Gasteiger partial charge in [-0.15, -0.1) is 0 Å². The van der Waals surface area contributed by atoms with Crippen molar-refractivity contribution >= 4 is 11.8 Å². The Morgan fingerprint density at radius 3 is 2.62 bits per heavy atom. The Bertz CT molecular complexity index is 531. The second-order valence-corrected chi connectivity index (χ2v) is 5.56. The van der Waals surface area contributed by atoms with Crippen LogP contribution in [0.4, 0.5) is 10.5 Å². The predicted octanol–water partition coefficient (Wildman–Crippen LogP) is 4.30. The highest BCUT2D eigenvalue weighted by molar-refractivity contribution is 5.88. The Hall–Kier alpha value is -2.20. The minimum absolute atomic E-state index is 0.361. The zero-order valence-corrected chi connectivity index (χ0v) is 13.0. The van der Waals surface area contributed by atoms with Crippen molar-refractivity contribution in [1.82, 2.24) is 0 Å². The highest BCUT2D eigenvalue weighted by atomic mass is 16.6. The van der Waals surface area contributed by atoms with Gasteiger partial charge in [0.05, 0.1) is 5.69 Å². The molecule has 0 atom stereocenters. The first-order valence-electron chi connectivity index (χ1n) is 6.98. The Labute approximate surface area is 125 Å². The number of nitrogens with zero attached hydrogens (tertiary/aromatic N) is 4. The molecule has 21 heavy (non-hydrogen) atoms. The van der Waals surface area contributed by atoms with Gasteiger partial charge in [0.1, 0.15) is 5.60 Å². The summed E-state index contributed by atoms with van der Waals surface area (Å²) in [6.45, 7) is 8.28. The number of hydrogen-bond acceptors (Lipinski definition) is 3. The second-order valence-electron chi connectivity index (χ2n) is 5.56. The summed E-state index contributed by atoms with van der Waals surface area (Å²) in [4.78, 5) is 16.6. The molecule has 6 heteroatoms. The lowest BCUT2D eigenvalue weighted by Gasteiger charge is -2.28. The molecule has 1 aromatic rings. The van der Waals surface area contributed by atoms with E-state index >= 15 is 0 Å². The minimum atomic E-state index is -0.537. The summed E-state index contributed by atoms with van der Waals surface area (Å²) in [7, 11) is 0. The fourth-order valence-electron chi connectivity index (χ4n) is 1.92. The summed E-state index contributed by atoms with van der Waals surface area (Å²) in [5.41, 5.74) is 9.57. The Morgan fingerprint density at radius 2 is 2.05 bits per heavy atom. The molecule has 1 rings (SSSR count). The maximum Gasteiger partial charge on any atom is 0.414 e. The molecule has 0 aliphatic carbocycles. The van der Waals surface area contributed by atoms with E-state index in [-0.39, 0.29) is 6.09 Å². The van der Waals surface area contributed by atoms with E-state index in [9.17, 15) is 4.79 Å². The predicted molar refractivity (Wildman–Crippen MR) is 83.4 cm³/mol. The third kappa shape index (κ3) is 5.36. The van der Waals surface area contributed by atoms with Gasteiger partial charge < -0.3 is 4.74 Å². The van der Waals surface area contributed by atoms with Gasteiger partial charge in [0.25, 0.3) is 0 Å². The monoisotopic (exact) mass is 290 g/mol. The van der Waals surface area contributed by atoms with Gasteiger partial charge in [-0.1, -0.05) is 23.3 Å². The van der Waals surface area contributed by atoms with Crippen molar-refractivity contribution in [3.8, 4) is 0 Å². The lowest BCUT2D eigenvalue weighted by Crippen LogP contribution is -2.37. The molecule has 0 bridgehead atoms. The molecular formula is C15H22N4O2. The van der Waals surface area contributed by atoms with Gasteiger partial charge in [0.2, 0.25) is 0 Å². The molecule has 0 radical (unpaired) electrons. The second kappa shape index (κ2) is 7.55. The number of carbonyl (C=O) groups is 1. The van der Waals surface area contributed by atoms with Crippen molar-refractivity contribution in [2.75, 3.05) is 18.0 Å². The van der Waals surface area contributed by atoms with Crippen LogP contribution in [0.15, 0.2) is 29.4 Å². The summed E-state index contributed by atoms with van der Waals surface area (Å²) >= 11 is 0. The van der Waals surface area contributed by atoms with Crippen LogP contribution in [0, 0.1) is 0 Å². The van der Waals surface area contributed by atoms with Crippen LogP contribution in [0.1, 0.15) is 33.3 Å². The van der Waals surface area contributed by atoms with E-state index in [4.69, 9.17) is 10.3 Å². The minimum Gasteiger partial charge on any atom is -0.443 e. The molecule has 0 aliphatic heterocycles. The van der Waals surface area contributed by atoms with Crippen molar-refractivity contribution < 1.29 is 9.53 Å². The van der Waals surface area contributed by atoms with Crippen LogP contribution in [0.25, 0.3) is 10.4 Å². The molecule has 0 saturated heterocycles. The molecule has 0 N–H and O–H groups in total. The number of azide groups is 1. The van der Waals surface area contributed by atoms with Crippen molar-refractivity contribution in [1.29, 1.82) is 0 Å². The number of amides is 1. The quantitative estimate of drug-likeness (QED) is 0.460. The summed E-state index contributed by atoms with van der Waals surface area (Å²) in [5, 5.41) is 3.54. The SMILES string of the molecule is CCN(C(=O)OC(C)(C)C)c1ccccc1CCN=[N+]=[N-]. The van der Waals surface area contributed by atoms with E-state index in [1.54, 1.807) is 4.90 Å². The van der Waals surface area contributed by atoms with E-state index in [2.05, 4.69) is 10.0 Å². The van der Waals surface area contributed by atoms with E-state index in [0.717, 1.165) is 11.3 Å². The summed E-state index contributed by atoms with van der Waals surface area (Å²) in [6, 6.07) is 7.57. The Morgan fingerprint density at radius 1 is 1.38 bits per heavy atom. The molecule has 0 fully saturated rings. The summed E-state index contributed by atoms with van der Waals surface area (Å²) < 4.78 is 5.43. The molecule has 0 aromatic heterocycles. The van der Waals surface area contributed by atoms with Crippen LogP contribution >= 0.6 is 0 Å². The van der Waals surface area contributed by atoms with Crippen LogP contribution in [-0.2, 0) is 11.2 Å². The summed E-state index contributed by atoms with van der Waals surface area (Å²) in [6.07, 6.45) is 0.209. The molecule has 1 aromatic carbocycles. The highest BCUT2D eigenvalue weighted by Gasteiger charge is 2.23. The van der Waals surface area contributed by atoms with Gasteiger partial charge in [-0.05, 0) is 51.3 Å². The summed E-state index contributed by atoms with van der Waals surface area (Å²) in [5.74, 6) is 0. The Kier molecular flexibility index (Phi) is 6.06. The van der Waals surface area contributed by atoms with E-state index < -0.39 is 5.60 Å². The van der Waals surface area contributed by atoms with Gasteiger partial charge >= 0.3 is 6.09 Å². The van der Waals surface area contributed by atoms with Crippen molar-refractivity contribution in [3.63, 3.8) is 0 Å². The number of hydrogen-bond donors (Lipinski definition) is 0. The number of carbonyl (C=O) groups excluding carboxylic acids is 1.